The predicted molar refractivity (Wildman–Crippen MR) is 156 cm³/mol. The Kier molecular flexibility index (Phi) is 21.0. The summed E-state index contributed by atoms with van der Waals surface area (Å²) in [6.07, 6.45) is 26.1. The molecule has 0 aliphatic heterocycles. The molecule has 4 nitrogen and oxygen atoms in total. The maximum Gasteiger partial charge on any atom is 0.310 e. The third-order valence-electron chi connectivity index (χ3n) is 8.39. The van der Waals surface area contributed by atoms with Gasteiger partial charge in [-0.25, -0.2) is 0 Å². The van der Waals surface area contributed by atoms with Crippen LogP contribution in [0.3, 0.4) is 0 Å². The van der Waals surface area contributed by atoms with Crippen LogP contribution in [0.4, 0.5) is 0 Å². The quantitative estimate of drug-likeness (QED) is 0.0934. The molecule has 1 aliphatic rings. The van der Waals surface area contributed by atoms with E-state index in [4.69, 9.17) is 9.47 Å². The van der Waals surface area contributed by atoms with E-state index in [1.165, 1.54) is 103 Å². The molecule has 1 rings (SSSR count). The second-order valence-corrected chi connectivity index (χ2v) is 11.9. The first-order valence-corrected chi connectivity index (χ1v) is 16.4. The van der Waals surface area contributed by atoms with E-state index in [-0.39, 0.29) is 35.6 Å². The van der Waals surface area contributed by atoms with Gasteiger partial charge in [-0.2, -0.15) is 0 Å². The highest BCUT2D eigenvalue weighted by atomic mass is 16.5. The first kappa shape index (κ1) is 34.0. The van der Waals surface area contributed by atoms with Crippen LogP contribution in [-0.4, -0.2) is 25.2 Å². The first-order chi connectivity index (χ1) is 18.0. The fourth-order valence-corrected chi connectivity index (χ4v) is 6.06. The molecule has 4 heteroatoms. The van der Waals surface area contributed by atoms with Crippen molar-refractivity contribution >= 4 is 11.9 Å². The molecular formula is C33H62O4. The topological polar surface area (TPSA) is 52.6 Å². The Bertz CT molecular complexity index is 513. The second-order valence-electron chi connectivity index (χ2n) is 11.9. The molecule has 1 saturated carbocycles. The summed E-state index contributed by atoms with van der Waals surface area (Å²) in [5.74, 6) is -0.728. The molecule has 37 heavy (non-hydrogen) atoms. The Morgan fingerprint density at radius 3 is 1.05 bits per heavy atom. The zero-order valence-corrected chi connectivity index (χ0v) is 25.2. The lowest BCUT2D eigenvalue weighted by Crippen LogP contribution is -2.33. The number of esters is 2. The molecule has 4 atom stereocenters. The van der Waals surface area contributed by atoms with Crippen LogP contribution in [0.2, 0.25) is 0 Å². The first-order valence-electron chi connectivity index (χ1n) is 16.4. The molecule has 0 radical (unpaired) electrons. The minimum atomic E-state index is -0.349. The maximum atomic E-state index is 12.9. The Morgan fingerprint density at radius 1 is 0.486 bits per heavy atom. The molecule has 0 bridgehead atoms. The van der Waals surface area contributed by atoms with Gasteiger partial charge in [0.2, 0.25) is 0 Å². The minimum absolute atomic E-state index is 0.171. The van der Waals surface area contributed by atoms with E-state index in [1.54, 1.807) is 0 Å². The van der Waals surface area contributed by atoms with Crippen molar-refractivity contribution in [2.45, 2.75) is 163 Å². The molecule has 0 N–H and O–H groups in total. The van der Waals surface area contributed by atoms with Crippen molar-refractivity contribution in [3.63, 3.8) is 0 Å². The largest absolute Gasteiger partial charge is 0.465 e. The molecule has 4 unspecified atom stereocenters. The molecule has 0 amide bonds. The number of ether oxygens (including phenoxy) is 2. The summed E-state index contributed by atoms with van der Waals surface area (Å²) in [7, 11) is 0. The summed E-state index contributed by atoms with van der Waals surface area (Å²) in [5.41, 5.74) is 0. The van der Waals surface area contributed by atoms with Crippen LogP contribution >= 0.6 is 0 Å². The molecule has 0 aromatic carbocycles. The fourth-order valence-electron chi connectivity index (χ4n) is 6.06. The van der Waals surface area contributed by atoms with E-state index < -0.39 is 0 Å². The summed E-state index contributed by atoms with van der Waals surface area (Å²) in [5, 5.41) is 0. The zero-order valence-electron chi connectivity index (χ0n) is 25.2. The predicted octanol–water partition coefficient (Wildman–Crippen LogP) is 9.82. The Labute approximate surface area is 230 Å². The molecule has 0 aromatic rings. The van der Waals surface area contributed by atoms with Crippen molar-refractivity contribution < 1.29 is 19.1 Å². The highest BCUT2D eigenvalue weighted by Gasteiger charge is 2.48. The Morgan fingerprint density at radius 2 is 0.757 bits per heavy atom. The standard InChI is InChI=1S/C33H62O4/c1-5-7-9-11-13-15-17-19-21-23-25-36-32(34)30-28(3)27-29(4)31(30)33(35)37-26-24-22-20-18-16-14-12-10-8-6-2/h28-31H,5-27H2,1-4H3. The van der Waals surface area contributed by atoms with Crippen molar-refractivity contribution in [2.75, 3.05) is 13.2 Å². The SMILES string of the molecule is CCCCCCCCCCCCOC(=O)C1C(C)CC(C)C1C(=O)OCCCCCCCCCCCC. The van der Waals surface area contributed by atoms with Crippen molar-refractivity contribution in [1.29, 1.82) is 0 Å². The summed E-state index contributed by atoms with van der Waals surface area (Å²) in [6.45, 7) is 9.64. The molecule has 1 aliphatic carbocycles. The number of unbranched alkanes of at least 4 members (excludes halogenated alkanes) is 18. The molecule has 0 spiro atoms. The van der Waals surface area contributed by atoms with Crippen LogP contribution in [0.25, 0.3) is 0 Å². The highest BCUT2D eigenvalue weighted by Crippen LogP contribution is 2.42. The van der Waals surface area contributed by atoms with Gasteiger partial charge in [0.05, 0.1) is 25.0 Å². The highest BCUT2D eigenvalue weighted by molar-refractivity contribution is 5.83. The van der Waals surface area contributed by atoms with E-state index in [2.05, 4.69) is 27.7 Å². The van der Waals surface area contributed by atoms with E-state index in [1.807, 2.05) is 0 Å². The van der Waals surface area contributed by atoms with Gasteiger partial charge < -0.3 is 9.47 Å². The average molecular weight is 523 g/mol. The molecule has 0 heterocycles. The van der Waals surface area contributed by atoms with Crippen molar-refractivity contribution in [2.24, 2.45) is 23.7 Å². The van der Waals surface area contributed by atoms with Crippen molar-refractivity contribution in [1.82, 2.24) is 0 Å². The van der Waals surface area contributed by atoms with Gasteiger partial charge in [-0.3, -0.25) is 9.59 Å². The van der Waals surface area contributed by atoms with Gasteiger partial charge in [-0.05, 0) is 31.1 Å². The molecule has 0 saturated heterocycles. The molecule has 218 valence electrons. The summed E-state index contributed by atoms with van der Waals surface area (Å²) < 4.78 is 11.3. The van der Waals surface area contributed by atoms with Gasteiger partial charge in [-0.15, -0.1) is 0 Å². The van der Waals surface area contributed by atoms with E-state index in [0.717, 1.165) is 32.1 Å². The number of carbonyl (C=O) groups excluding carboxylic acids is 2. The summed E-state index contributed by atoms with van der Waals surface area (Å²) in [6, 6.07) is 0. The molecule has 1 fully saturated rings. The van der Waals surface area contributed by atoms with Gasteiger partial charge in [0.15, 0.2) is 0 Å². The third kappa shape index (κ3) is 15.8. The van der Waals surface area contributed by atoms with Gasteiger partial charge in [-0.1, -0.05) is 143 Å². The van der Waals surface area contributed by atoms with Crippen LogP contribution in [-0.2, 0) is 19.1 Å². The molecule has 0 aromatic heterocycles. The lowest BCUT2D eigenvalue weighted by atomic mass is 9.88. The number of hydrogen-bond donors (Lipinski definition) is 0. The number of hydrogen-bond acceptors (Lipinski definition) is 4. The fraction of sp³-hybridized carbons (Fsp3) is 0.939. The van der Waals surface area contributed by atoms with Gasteiger partial charge >= 0.3 is 11.9 Å². The van der Waals surface area contributed by atoms with E-state index in [0.29, 0.717) is 13.2 Å². The van der Waals surface area contributed by atoms with Gasteiger partial charge in [0.25, 0.3) is 0 Å². The monoisotopic (exact) mass is 522 g/mol. The van der Waals surface area contributed by atoms with Crippen LogP contribution in [0.15, 0.2) is 0 Å². The van der Waals surface area contributed by atoms with Crippen molar-refractivity contribution in [3.8, 4) is 0 Å². The van der Waals surface area contributed by atoms with Gasteiger partial charge in [0.1, 0.15) is 0 Å². The Hall–Kier alpha value is -1.06. The maximum absolute atomic E-state index is 12.9. The second kappa shape index (κ2) is 22.9. The average Bonchev–Trinajstić information content (AvgIpc) is 3.19. The third-order valence-corrected chi connectivity index (χ3v) is 8.39. The van der Waals surface area contributed by atoms with Crippen LogP contribution < -0.4 is 0 Å². The summed E-state index contributed by atoms with van der Waals surface area (Å²) >= 11 is 0. The minimum Gasteiger partial charge on any atom is -0.465 e. The lowest BCUT2D eigenvalue weighted by molar-refractivity contribution is -0.161. The summed E-state index contributed by atoms with van der Waals surface area (Å²) in [4.78, 5) is 25.8. The van der Waals surface area contributed by atoms with Crippen LogP contribution in [0, 0.1) is 23.7 Å². The lowest BCUT2D eigenvalue weighted by Gasteiger charge is -2.22. The van der Waals surface area contributed by atoms with Crippen LogP contribution in [0.5, 0.6) is 0 Å². The number of carbonyl (C=O) groups is 2. The normalized spacial score (nSPS) is 21.3. The van der Waals surface area contributed by atoms with Gasteiger partial charge in [0, 0.05) is 0 Å². The Balaban J connectivity index is 2.17. The van der Waals surface area contributed by atoms with Crippen LogP contribution in [0.1, 0.15) is 163 Å². The van der Waals surface area contributed by atoms with E-state index >= 15 is 0 Å². The van der Waals surface area contributed by atoms with E-state index in [9.17, 15) is 9.59 Å². The smallest absolute Gasteiger partial charge is 0.310 e. The number of rotatable bonds is 24. The molecular weight excluding hydrogens is 460 g/mol. The zero-order chi connectivity index (χ0) is 27.1. The van der Waals surface area contributed by atoms with Crippen molar-refractivity contribution in [3.05, 3.63) is 0 Å².